The number of pyridine rings is 2. The summed E-state index contributed by atoms with van der Waals surface area (Å²) in [5, 5.41) is 2.87. The van der Waals surface area contributed by atoms with Crippen molar-refractivity contribution in [3.05, 3.63) is 60.1 Å². The number of nitrogens with zero attached hydrogens (tertiary/aromatic N) is 3. The van der Waals surface area contributed by atoms with Gasteiger partial charge in [0.25, 0.3) is 0 Å². The van der Waals surface area contributed by atoms with Crippen molar-refractivity contribution >= 4 is 23.7 Å². The summed E-state index contributed by atoms with van der Waals surface area (Å²) in [7, 11) is 0. The molecule has 6 heteroatoms. The minimum atomic E-state index is -0.0938. The molecule has 6 nitrogen and oxygen atoms in total. The Morgan fingerprint density at radius 3 is 2.73 bits per heavy atom. The third kappa shape index (κ3) is 4.75. The normalized spacial score (nSPS) is 15.2. The lowest BCUT2D eigenvalue weighted by atomic mass is 9.96. The van der Waals surface area contributed by atoms with Crippen molar-refractivity contribution in [2.45, 2.75) is 19.8 Å². The number of likely N-dealkylation sites (tertiary alicyclic amines) is 1. The molecule has 0 radical (unpaired) electrons. The minimum Gasteiger partial charge on any atom is -0.339 e. The zero-order valence-corrected chi connectivity index (χ0v) is 14.8. The summed E-state index contributed by atoms with van der Waals surface area (Å²) in [5.41, 5.74) is 1.94. The Labute approximate surface area is 153 Å². The number of aromatic nitrogens is 2. The maximum atomic E-state index is 12.4. The van der Waals surface area contributed by atoms with Crippen LogP contribution < -0.4 is 5.32 Å². The predicted molar refractivity (Wildman–Crippen MR) is 100 cm³/mol. The summed E-state index contributed by atoms with van der Waals surface area (Å²) in [6.45, 7) is 3.12. The van der Waals surface area contributed by atoms with Crippen molar-refractivity contribution in [2.75, 3.05) is 18.4 Å². The van der Waals surface area contributed by atoms with Gasteiger partial charge in [0.05, 0.1) is 0 Å². The molecule has 2 aromatic rings. The fourth-order valence-electron chi connectivity index (χ4n) is 2.94. The first-order valence-electron chi connectivity index (χ1n) is 8.72. The number of carbonyl (C=O) groups excluding carboxylic acids is 2. The van der Waals surface area contributed by atoms with Gasteiger partial charge in [-0.1, -0.05) is 6.07 Å². The summed E-state index contributed by atoms with van der Waals surface area (Å²) < 4.78 is 0. The Kier molecular flexibility index (Phi) is 5.73. The number of hydrogen-bond donors (Lipinski definition) is 1. The van der Waals surface area contributed by atoms with E-state index in [1.54, 1.807) is 35.6 Å². The van der Waals surface area contributed by atoms with Crippen molar-refractivity contribution in [1.29, 1.82) is 0 Å². The number of carbonyl (C=O) groups is 2. The van der Waals surface area contributed by atoms with E-state index in [0.717, 1.165) is 11.1 Å². The fraction of sp³-hybridized carbons (Fsp3) is 0.300. The van der Waals surface area contributed by atoms with Crippen LogP contribution in [0, 0.1) is 12.8 Å². The Bertz CT molecular complexity index is 796. The molecule has 0 saturated carbocycles. The number of hydrogen-bond acceptors (Lipinski definition) is 4. The Hall–Kier alpha value is -3.02. The minimum absolute atomic E-state index is 0.0268. The van der Waals surface area contributed by atoms with Gasteiger partial charge in [0, 0.05) is 43.7 Å². The highest BCUT2D eigenvalue weighted by molar-refractivity contribution is 5.93. The van der Waals surface area contributed by atoms with Crippen molar-refractivity contribution < 1.29 is 9.59 Å². The monoisotopic (exact) mass is 350 g/mol. The van der Waals surface area contributed by atoms with Gasteiger partial charge in [-0.05, 0) is 55.2 Å². The SMILES string of the molecule is Cc1ccnc(NC(=O)C2CCN(C(=O)C=Cc3cccnc3)CC2)c1. The molecule has 1 aliphatic heterocycles. The van der Waals surface area contributed by atoms with Crippen LogP contribution in [-0.2, 0) is 9.59 Å². The lowest BCUT2D eigenvalue weighted by molar-refractivity contribution is -0.130. The van der Waals surface area contributed by atoms with E-state index in [9.17, 15) is 9.59 Å². The molecule has 1 aliphatic rings. The highest BCUT2D eigenvalue weighted by Gasteiger charge is 2.26. The molecule has 0 atom stereocenters. The number of anilines is 1. The predicted octanol–water partition coefficient (Wildman–Crippen LogP) is 2.68. The molecular weight excluding hydrogens is 328 g/mol. The van der Waals surface area contributed by atoms with Gasteiger partial charge in [0.1, 0.15) is 5.82 Å². The zero-order chi connectivity index (χ0) is 18.4. The lowest BCUT2D eigenvalue weighted by Gasteiger charge is -2.30. The summed E-state index contributed by atoms with van der Waals surface area (Å²) in [6, 6.07) is 7.46. The summed E-state index contributed by atoms with van der Waals surface area (Å²) >= 11 is 0. The molecule has 0 aliphatic carbocycles. The van der Waals surface area contributed by atoms with E-state index in [-0.39, 0.29) is 17.7 Å². The highest BCUT2D eigenvalue weighted by Crippen LogP contribution is 2.19. The molecule has 0 aromatic carbocycles. The molecule has 0 unspecified atom stereocenters. The number of nitrogens with one attached hydrogen (secondary N) is 1. The van der Waals surface area contributed by atoms with Gasteiger partial charge in [-0.15, -0.1) is 0 Å². The van der Waals surface area contributed by atoms with Crippen LogP contribution in [0.25, 0.3) is 6.08 Å². The van der Waals surface area contributed by atoms with Crippen LogP contribution in [0.15, 0.2) is 48.9 Å². The quantitative estimate of drug-likeness (QED) is 0.860. The standard InChI is InChI=1S/C20H22N4O2/c1-15-6-10-22-18(13-15)23-20(26)17-7-11-24(12-8-17)19(25)5-4-16-3-2-9-21-14-16/h2-6,9-10,13-14,17H,7-8,11-12H2,1H3,(H,22,23,26). The summed E-state index contributed by atoms with van der Waals surface area (Å²) in [5.74, 6) is 0.422. The van der Waals surface area contributed by atoms with E-state index in [0.29, 0.717) is 31.7 Å². The average molecular weight is 350 g/mol. The summed E-state index contributed by atoms with van der Waals surface area (Å²) in [6.07, 6.45) is 9.72. The lowest BCUT2D eigenvalue weighted by Crippen LogP contribution is -2.40. The van der Waals surface area contributed by atoms with Gasteiger partial charge in [-0.2, -0.15) is 0 Å². The third-order valence-corrected chi connectivity index (χ3v) is 4.45. The smallest absolute Gasteiger partial charge is 0.246 e. The molecule has 2 aromatic heterocycles. The molecule has 134 valence electrons. The maximum Gasteiger partial charge on any atom is 0.246 e. The molecule has 26 heavy (non-hydrogen) atoms. The van der Waals surface area contributed by atoms with Crippen molar-refractivity contribution in [2.24, 2.45) is 5.92 Å². The van der Waals surface area contributed by atoms with Gasteiger partial charge in [0.15, 0.2) is 0 Å². The third-order valence-electron chi connectivity index (χ3n) is 4.45. The Morgan fingerprint density at radius 1 is 1.23 bits per heavy atom. The van der Waals surface area contributed by atoms with E-state index in [1.165, 1.54) is 0 Å². The number of piperidine rings is 1. The molecule has 0 spiro atoms. The second-order valence-corrected chi connectivity index (χ2v) is 6.43. The largest absolute Gasteiger partial charge is 0.339 e. The van der Waals surface area contributed by atoms with Crippen LogP contribution in [0.5, 0.6) is 0 Å². The van der Waals surface area contributed by atoms with Crippen LogP contribution in [0.1, 0.15) is 24.0 Å². The number of amides is 2. The van der Waals surface area contributed by atoms with Gasteiger partial charge in [-0.3, -0.25) is 14.6 Å². The molecule has 3 heterocycles. The zero-order valence-electron chi connectivity index (χ0n) is 14.8. The van der Waals surface area contributed by atoms with E-state index in [1.807, 2.05) is 31.2 Å². The van der Waals surface area contributed by atoms with Crippen molar-refractivity contribution in [3.63, 3.8) is 0 Å². The van der Waals surface area contributed by atoms with Gasteiger partial charge in [-0.25, -0.2) is 4.98 Å². The van der Waals surface area contributed by atoms with E-state index in [4.69, 9.17) is 0 Å². The van der Waals surface area contributed by atoms with E-state index < -0.39 is 0 Å². The number of rotatable bonds is 4. The molecule has 3 rings (SSSR count). The first-order chi connectivity index (χ1) is 12.6. The molecule has 1 N–H and O–H groups in total. The average Bonchev–Trinajstić information content (AvgIpc) is 2.67. The van der Waals surface area contributed by atoms with Crippen molar-refractivity contribution in [1.82, 2.24) is 14.9 Å². The number of aryl methyl sites for hydroxylation is 1. The van der Waals surface area contributed by atoms with Crippen LogP contribution in [0.4, 0.5) is 5.82 Å². The van der Waals surface area contributed by atoms with Gasteiger partial charge < -0.3 is 10.2 Å². The van der Waals surface area contributed by atoms with Crippen molar-refractivity contribution in [3.8, 4) is 0 Å². The molecule has 2 amide bonds. The van der Waals surface area contributed by atoms with E-state index >= 15 is 0 Å². The molecule has 1 saturated heterocycles. The van der Waals surface area contributed by atoms with Crippen LogP contribution in [0.3, 0.4) is 0 Å². The van der Waals surface area contributed by atoms with Crippen LogP contribution >= 0.6 is 0 Å². The Morgan fingerprint density at radius 2 is 2.04 bits per heavy atom. The second-order valence-electron chi connectivity index (χ2n) is 6.43. The molecule has 1 fully saturated rings. The highest BCUT2D eigenvalue weighted by atomic mass is 16.2. The van der Waals surface area contributed by atoms with Gasteiger partial charge in [0.2, 0.25) is 11.8 Å². The first-order valence-corrected chi connectivity index (χ1v) is 8.72. The second kappa shape index (κ2) is 8.38. The molecular formula is C20H22N4O2. The summed E-state index contributed by atoms with van der Waals surface area (Å²) in [4.78, 5) is 34.6. The molecule has 0 bridgehead atoms. The van der Waals surface area contributed by atoms with Crippen LogP contribution in [0.2, 0.25) is 0 Å². The fourth-order valence-corrected chi connectivity index (χ4v) is 2.94. The maximum absolute atomic E-state index is 12.4. The topological polar surface area (TPSA) is 75.2 Å². The first kappa shape index (κ1) is 17.8. The Balaban J connectivity index is 1.49. The van der Waals surface area contributed by atoms with Gasteiger partial charge >= 0.3 is 0 Å². The van der Waals surface area contributed by atoms with E-state index in [2.05, 4.69) is 15.3 Å². The van der Waals surface area contributed by atoms with Crippen LogP contribution in [-0.4, -0.2) is 39.8 Å².